The first-order chi connectivity index (χ1) is 9.90. The monoisotopic (exact) mass is 330 g/mol. The first-order valence-corrected chi connectivity index (χ1v) is 7.44. The molecule has 22 heavy (non-hydrogen) atoms. The summed E-state index contributed by atoms with van der Waals surface area (Å²) < 4.78 is 12.8. The third-order valence-corrected chi connectivity index (χ3v) is 4.16. The minimum atomic E-state index is -0.755. The van der Waals surface area contributed by atoms with Crippen LogP contribution in [0.2, 0.25) is 0 Å². The Morgan fingerprint density at radius 2 is 1.91 bits per heavy atom. The van der Waals surface area contributed by atoms with Crippen molar-refractivity contribution in [1.29, 1.82) is 0 Å². The fraction of sp³-hybridized carbons (Fsp3) is 0.562. The van der Waals surface area contributed by atoms with Gasteiger partial charge in [0.15, 0.2) is 0 Å². The predicted molar refractivity (Wildman–Crippen MR) is 86.2 cm³/mol. The molecule has 1 aromatic carbocycles. The number of amides is 1. The van der Waals surface area contributed by atoms with Gasteiger partial charge in [-0.2, -0.15) is 0 Å². The molecule has 2 unspecified atom stereocenters. The molecule has 1 aliphatic rings. The minimum absolute atomic E-state index is 0. The second-order valence-corrected chi connectivity index (χ2v) is 6.04. The van der Waals surface area contributed by atoms with Crippen LogP contribution in [0.5, 0.6) is 0 Å². The summed E-state index contributed by atoms with van der Waals surface area (Å²) in [5.41, 5.74) is 5.98. The SMILES string of the molecule is CC(CC(O)c1ccc(F)cc1)NC(=O)C1(N)CCCC1.Cl. The van der Waals surface area contributed by atoms with Crippen molar-refractivity contribution >= 4 is 18.3 Å². The molecule has 0 aliphatic heterocycles. The summed E-state index contributed by atoms with van der Waals surface area (Å²) in [6.45, 7) is 1.84. The van der Waals surface area contributed by atoms with Crippen LogP contribution < -0.4 is 11.1 Å². The normalized spacial score (nSPS) is 19.1. The van der Waals surface area contributed by atoms with Crippen LogP contribution in [0.1, 0.15) is 50.7 Å². The molecule has 0 aromatic heterocycles. The number of nitrogens with two attached hydrogens (primary N) is 1. The average molecular weight is 331 g/mol. The second kappa shape index (κ2) is 7.90. The van der Waals surface area contributed by atoms with Crippen LogP contribution in [0.15, 0.2) is 24.3 Å². The lowest BCUT2D eigenvalue weighted by Gasteiger charge is -2.26. The number of aliphatic hydroxyl groups excluding tert-OH is 1. The summed E-state index contributed by atoms with van der Waals surface area (Å²) in [5, 5.41) is 13.0. The van der Waals surface area contributed by atoms with Gasteiger partial charge >= 0.3 is 0 Å². The zero-order chi connectivity index (χ0) is 15.5. The van der Waals surface area contributed by atoms with E-state index in [1.54, 1.807) is 12.1 Å². The van der Waals surface area contributed by atoms with Gasteiger partial charge in [-0.05, 0) is 43.9 Å². The van der Waals surface area contributed by atoms with Gasteiger partial charge in [0.05, 0.1) is 11.6 Å². The van der Waals surface area contributed by atoms with E-state index in [9.17, 15) is 14.3 Å². The van der Waals surface area contributed by atoms with E-state index in [1.165, 1.54) is 12.1 Å². The van der Waals surface area contributed by atoms with Crippen molar-refractivity contribution in [3.8, 4) is 0 Å². The number of hydrogen-bond acceptors (Lipinski definition) is 3. The van der Waals surface area contributed by atoms with Crippen LogP contribution >= 0.6 is 12.4 Å². The average Bonchev–Trinajstić information content (AvgIpc) is 2.87. The lowest BCUT2D eigenvalue weighted by Crippen LogP contribution is -2.54. The molecule has 0 radical (unpaired) electrons. The molecule has 1 saturated carbocycles. The van der Waals surface area contributed by atoms with Crippen molar-refractivity contribution < 1.29 is 14.3 Å². The molecule has 2 atom stereocenters. The third kappa shape index (κ3) is 4.66. The molecule has 2 rings (SSSR count). The molecule has 1 aromatic rings. The Kier molecular flexibility index (Phi) is 6.78. The van der Waals surface area contributed by atoms with Crippen LogP contribution in [0, 0.1) is 5.82 Å². The Bertz CT molecular complexity index is 489. The highest BCUT2D eigenvalue weighted by Crippen LogP contribution is 2.27. The Morgan fingerprint density at radius 3 is 2.45 bits per heavy atom. The quantitative estimate of drug-likeness (QED) is 0.776. The van der Waals surface area contributed by atoms with E-state index >= 15 is 0 Å². The largest absolute Gasteiger partial charge is 0.388 e. The van der Waals surface area contributed by atoms with E-state index in [-0.39, 0.29) is 30.2 Å². The maximum absolute atomic E-state index is 12.8. The first-order valence-electron chi connectivity index (χ1n) is 7.44. The van der Waals surface area contributed by atoms with E-state index in [0.717, 1.165) is 12.8 Å². The van der Waals surface area contributed by atoms with Crippen LogP contribution in [0.3, 0.4) is 0 Å². The number of benzene rings is 1. The van der Waals surface area contributed by atoms with Crippen molar-refractivity contribution in [2.24, 2.45) is 5.73 Å². The molecule has 6 heteroatoms. The molecule has 4 N–H and O–H groups in total. The van der Waals surface area contributed by atoms with Crippen molar-refractivity contribution in [2.75, 3.05) is 0 Å². The highest BCUT2D eigenvalue weighted by molar-refractivity contribution is 5.86. The van der Waals surface area contributed by atoms with Gasteiger partial charge in [-0.25, -0.2) is 4.39 Å². The smallest absolute Gasteiger partial charge is 0.240 e. The summed E-state index contributed by atoms with van der Waals surface area (Å²) in [7, 11) is 0. The molecule has 0 bridgehead atoms. The van der Waals surface area contributed by atoms with Crippen molar-refractivity contribution in [1.82, 2.24) is 5.32 Å². The molecule has 0 saturated heterocycles. The van der Waals surface area contributed by atoms with Gasteiger partial charge in [0.2, 0.25) is 5.91 Å². The second-order valence-electron chi connectivity index (χ2n) is 6.04. The molecule has 124 valence electrons. The van der Waals surface area contributed by atoms with Gasteiger partial charge < -0.3 is 16.2 Å². The minimum Gasteiger partial charge on any atom is -0.388 e. The zero-order valence-corrected chi connectivity index (χ0v) is 13.5. The molecule has 1 amide bonds. The lowest BCUT2D eigenvalue weighted by molar-refractivity contribution is -0.127. The molecule has 1 fully saturated rings. The number of aliphatic hydroxyl groups is 1. The van der Waals surface area contributed by atoms with E-state index in [0.29, 0.717) is 24.8 Å². The highest BCUT2D eigenvalue weighted by atomic mass is 35.5. The molecular formula is C16H24ClFN2O2. The fourth-order valence-electron chi connectivity index (χ4n) is 2.82. The summed E-state index contributed by atoms with van der Waals surface area (Å²) in [5.74, 6) is -0.475. The maximum Gasteiger partial charge on any atom is 0.240 e. The fourth-order valence-corrected chi connectivity index (χ4v) is 2.82. The summed E-state index contributed by atoms with van der Waals surface area (Å²) in [4.78, 5) is 12.2. The van der Waals surface area contributed by atoms with Crippen molar-refractivity contribution in [2.45, 2.75) is 56.7 Å². The highest BCUT2D eigenvalue weighted by Gasteiger charge is 2.37. The summed E-state index contributed by atoms with van der Waals surface area (Å²) >= 11 is 0. The van der Waals surface area contributed by atoms with Gasteiger partial charge in [-0.15, -0.1) is 12.4 Å². The Morgan fingerprint density at radius 1 is 1.36 bits per heavy atom. The number of rotatable bonds is 5. The van der Waals surface area contributed by atoms with E-state index < -0.39 is 11.6 Å². The predicted octanol–water partition coefficient (Wildman–Crippen LogP) is 2.45. The van der Waals surface area contributed by atoms with Crippen LogP contribution in [-0.4, -0.2) is 22.6 Å². The number of carbonyl (C=O) groups is 1. The summed E-state index contributed by atoms with van der Waals surface area (Å²) in [6, 6.07) is 5.54. The molecule has 0 spiro atoms. The van der Waals surface area contributed by atoms with Gasteiger partial charge in [-0.1, -0.05) is 25.0 Å². The van der Waals surface area contributed by atoms with Gasteiger partial charge in [0.1, 0.15) is 5.82 Å². The maximum atomic E-state index is 12.8. The number of halogens is 2. The van der Waals surface area contributed by atoms with Gasteiger partial charge in [0, 0.05) is 6.04 Å². The summed E-state index contributed by atoms with van der Waals surface area (Å²) in [6.07, 6.45) is 3.02. The van der Waals surface area contributed by atoms with Crippen molar-refractivity contribution in [3.05, 3.63) is 35.6 Å². The van der Waals surface area contributed by atoms with Gasteiger partial charge in [0.25, 0.3) is 0 Å². The van der Waals surface area contributed by atoms with Crippen LogP contribution in [0.25, 0.3) is 0 Å². The Hall–Kier alpha value is -1.17. The number of carbonyl (C=O) groups excluding carboxylic acids is 1. The number of nitrogens with one attached hydrogen (secondary N) is 1. The van der Waals surface area contributed by atoms with Crippen LogP contribution in [0.4, 0.5) is 4.39 Å². The lowest BCUT2D eigenvalue weighted by atomic mass is 9.96. The van der Waals surface area contributed by atoms with Gasteiger partial charge in [-0.3, -0.25) is 4.79 Å². The first kappa shape index (κ1) is 18.9. The Balaban J connectivity index is 0.00000242. The Labute approximate surface area is 136 Å². The molecular weight excluding hydrogens is 307 g/mol. The zero-order valence-electron chi connectivity index (χ0n) is 12.7. The van der Waals surface area contributed by atoms with E-state index in [2.05, 4.69) is 5.32 Å². The molecule has 1 aliphatic carbocycles. The van der Waals surface area contributed by atoms with E-state index in [4.69, 9.17) is 5.73 Å². The standard InChI is InChI=1S/C16H23FN2O2.ClH/c1-11(19-15(21)16(18)8-2-3-9-16)10-14(20)12-4-6-13(17)7-5-12;/h4-7,11,14,20H,2-3,8-10,18H2,1H3,(H,19,21);1H. The molecule has 0 heterocycles. The van der Waals surface area contributed by atoms with E-state index in [1.807, 2.05) is 6.92 Å². The van der Waals surface area contributed by atoms with Crippen LogP contribution in [-0.2, 0) is 4.79 Å². The number of hydrogen-bond donors (Lipinski definition) is 3. The topological polar surface area (TPSA) is 75.3 Å². The third-order valence-electron chi connectivity index (χ3n) is 4.16. The van der Waals surface area contributed by atoms with Crippen molar-refractivity contribution in [3.63, 3.8) is 0 Å². The molecule has 4 nitrogen and oxygen atoms in total.